The highest BCUT2D eigenvalue weighted by molar-refractivity contribution is 5.92. The molecule has 0 atom stereocenters. The van der Waals surface area contributed by atoms with Gasteiger partial charge in [0.25, 0.3) is 5.91 Å². The fourth-order valence-electron chi connectivity index (χ4n) is 4.15. The number of hydrogen-bond acceptors (Lipinski definition) is 7. The first-order valence-electron chi connectivity index (χ1n) is 10.4. The number of amides is 1. The van der Waals surface area contributed by atoms with Crippen molar-refractivity contribution in [1.82, 2.24) is 24.8 Å². The Morgan fingerprint density at radius 3 is 2.55 bits per heavy atom. The molecule has 2 saturated heterocycles. The normalized spacial score (nSPS) is 18.1. The predicted octanol–water partition coefficient (Wildman–Crippen LogP) is 1.99. The molecule has 0 spiro atoms. The van der Waals surface area contributed by atoms with Crippen LogP contribution in [-0.2, 0) is 11.2 Å². The minimum Gasteiger partial charge on any atom is -0.378 e. The van der Waals surface area contributed by atoms with Crippen molar-refractivity contribution in [3.63, 3.8) is 0 Å². The zero-order valence-corrected chi connectivity index (χ0v) is 17.2. The topological polar surface area (TPSA) is 84.3 Å². The van der Waals surface area contributed by atoms with Crippen LogP contribution >= 0.6 is 0 Å². The van der Waals surface area contributed by atoms with Gasteiger partial charge in [-0.25, -0.2) is 15.0 Å². The molecule has 154 valence electrons. The van der Waals surface area contributed by atoms with Gasteiger partial charge in [0.05, 0.1) is 19.4 Å². The Balaban J connectivity index is 1.49. The fraction of sp³-hybridized carbons (Fsp3) is 0.571. The van der Waals surface area contributed by atoms with Crippen molar-refractivity contribution in [3.8, 4) is 0 Å². The molecule has 2 aromatic heterocycles. The van der Waals surface area contributed by atoms with Gasteiger partial charge in [-0.15, -0.1) is 0 Å². The first-order chi connectivity index (χ1) is 14.2. The molecule has 8 heteroatoms. The van der Waals surface area contributed by atoms with Crippen LogP contribution in [0.3, 0.4) is 0 Å². The molecule has 0 N–H and O–H groups in total. The highest BCUT2D eigenvalue weighted by atomic mass is 16.5. The van der Waals surface area contributed by atoms with Crippen LogP contribution in [-0.4, -0.2) is 70.1 Å². The Morgan fingerprint density at radius 1 is 1.14 bits per heavy atom. The van der Waals surface area contributed by atoms with Crippen molar-refractivity contribution >= 4 is 11.7 Å². The number of rotatable bonds is 4. The molecule has 4 heterocycles. The molecule has 2 aliphatic heterocycles. The second-order valence-corrected chi connectivity index (χ2v) is 7.58. The zero-order valence-electron chi connectivity index (χ0n) is 17.2. The predicted molar refractivity (Wildman–Crippen MR) is 109 cm³/mol. The summed E-state index contributed by atoms with van der Waals surface area (Å²) in [5.41, 5.74) is 2.70. The number of piperidine rings is 1. The Labute approximate surface area is 171 Å². The smallest absolute Gasteiger partial charge is 0.274 e. The third-order valence-electron chi connectivity index (χ3n) is 5.80. The lowest BCUT2D eigenvalue weighted by Gasteiger charge is -2.33. The minimum absolute atomic E-state index is 0.0519. The molecule has 0 unspecified atom stereocenters. The van der Waals surface area contributed by atoms with E-state index in [0.717, 1.165) is 62.9 Å². The van der Waals surface area contributed by atoms with Crippen LogP contribution in [0.15, 0.2) is 18.6 Å². The largest absolute Gasteiger partial charge is 0.378 e. The number of carbonyl (C=O) groups excluding carboxylic acids is 1. The van der Waals surface area contributed by atoms with E-state index in [1.54, 1.807) is 12.4 Å². The summed E-state index contributed by atoms with van der Waals surface area (Å²) in [5, 5.41) is 0. The van der Waals surface area contributed by atoms with Gasteiger partial charge < -0.3 is 14.5 Å². The molecule has 2 fully saturated rings. The first-order valence-corrected chi connectivity index (χ1v) is 10.4. The van der Waals surface area contributed by atoms with E-state index in [9.17, 15) is 4.79 Å². The van der Waals surface area contributed by atoms with E-state index in [1.807, 2.05) is 4.90 Å². The van der Waals surface area contributed by atoms with Gasteiger partial charge in [0.15, 0.2) is 0 Å². The van der Waals surface area contributed by atoms with E-state index in [1.165, 1.54) is 11.8 Å². The van der Waals surface area contributed by atoms with E-state index in [0.29, 0.717) is 18.8 Å². The molecular formula is C21H28N6O2. The fourth-order valence-corrected chi connectivity index (χ4v) is 4.15. The number of aromatic nitrogens is 4. The molecule has 0 radical (unpaired) electrons. The summed E-state index contributed by atoms with van der Waals surface area (Å²) in [5.74, 6) is 2.19. The highest BCUT2D eigenvalue weighted by Gasteiger charge is 2.28. The van der Waals surface area contributed by atoms with Gasteiger partial charge in [0, 0.05) is 55.7 Å². The molecular weight excluding hydrogens is 368 g/mol. The molecule has 2 aromatic rings. The lowest BCUT2D eigenvalue weighted by atomic mass is 9.95. The van der Waals surface area contributed by atoms with Gasteiger partial charge in [0.1, 0.15) is 17.3 Å². The summed E-state index contributed by atoms with van der Waals surface area (Å²) in [7, 11) is 0. The zero-order chi connectivity index (χ0) is 20.2. The number of likely N-dealkylation sites (tertiary alicyclic amines) is 1. The molecule has 0 bridgehead atoms. The number of ether oxygens (including phenoxy) is 1. The lowest BCUT2D eigenvalue weighted by molar-refractivity contribution is 0.0704. The number of aryl methyl sites for hydroxylation is 1. The second-order valence-electron chi connectivity index (χ2n) is 7.58. The van der Waals surface area contributed by atoms with Crippen molar-refractivity contribution < 1.29 is 9.53 Å². The maximum Gasteiger partial charge on any atom is 0.274 e. The molecule has 4 rings (SSSR count). The Kier molecular flexibility index (Phi) is 5.99. The second kappa shape index (κ2) is 8.82. The third-order valence-corrected chi connectivity index (χ3v) is 5.80. The van der Waals surface area contributed by atoms with Gasteiger partial charge in [0.2, 0.25) is 0 Å². The van der Waals surface area contributed by atoms with Crippen LogP contribution < -0.4 is 4.90 Å². The van der Waals surface area contributed by atoms with Gasteiger partial charge in [-0.05, 0) is 26.2 Å². The van der Waals surface area contributed by atoms with E-state index < -0.39 is 0 Å². The molecule has 0 aliphatic carbocycles. The summed E-state index contributed by atoms with van der Waals surface area (Å²) < 4.78 is 5.51. The standard InChI is InChI=1S/C21H28N6O2/c1-3-17-15(2)24-19(25-20(17)26-10-12-29-13-11-26)16-4-8-27(9-5-16)21(28)18-14-22-6-7-23-18/h6-7,14,16H,3-5,8-13H2,1-2H3. The van der Waals surface area contributed by atoms with E-state index in [4.69, 9.17) is 14.7 Å². The number of hydrogen-bond donors (Lipinski definition) is 0. The summed E-state index contributed by atoms with van der Waals surface area (Å²) in [4.78, 5) is 34.8. The summed E-state index contributed by atoms with van der Waals surface area (Å²) >= 11 is 0. The lowest BCUT2D eigenvalue weighted by Crippen LogP contribution is -2.39. The van der Waals surface area contributed by atoms with E-state index in [2.05, 4.69) is 28.7 Å². The Hall–Kier alpha value is -2.61. The van der Waals surface area contributed by atoms with Gasteiger partial charge in [-0.1, -0.05) is 6.92 Å². The van der Waals surface area contributed by atoms with Crippen LogP contribution in [0.2, 0.25) is 0 Å². The summed E-state index contributed by atoms with van der Waals surface area (Å²) in [6.45, 7) is 8.83. The van der Waals surface area contributed by atoms with Crippen molar-refractivity contribution in [2.45, 2.75) is 39.0 Å². The van der Waals surface area contributed by atoms with Crippen molar-refractivity contribution in [2.75, 3.05) is 44.3 Å². The van der Waals surface area contributed by atoms with Gasteiger partial charge >= 0.3 is 0 Å². The van der Waals surface area contributed by atoms with Crippen LogP contribution in [0.1, 0.15) is 53.3 Å². The molecule has 8 nitrogen and oxygen atoms in total. The van der Waals surface area contributed by atoms with Crippen LogP contribution in [0.5, 0.6) is 0 Å². The first kappa shape index (κ1) is 19.7. The third kappa shape index (κ3) is 4.22. The van der Waals surface area contributed by atoms with Crippen LogP contribution in [0.4, 0.5) is 5.82 Å². The van der Waals surface area contributed by atoms with E-state index >= 15 is 0 Å². The maximum absolute atomic E-state index is 12.6. The van der Waals surface area contributed by atoms with Crippen molar-refractivity contribution in [2.24, 2.45) is 0 Å². The molecule has 1 amide bonds. The molecule has 29 heavy (non-hydrogen) atoms. The highest BCUT2D eigenvalue weighted by Crippen LogP contribution is 2.30. The maximum atomic E-state index is 12.6. The van der Waals surface area contributed by atoms with Crippen molar-refractivity contribution in [3.05, 3.63) is 41.4 Å². The molecule has 0 saturated carbocycles. The quantitative estimate of drug-likeness (QED) is 0.781. The SMILES string of the molecule is CCc1c(C)nc(C2CCN(C(=O)c3cnccn3)CC2)nc1N1CCOCC1. The van der Waals surface area contributed by atoms with E-state index in [-0.39, 0.29) is 11.8 Å². The number of anilines is 1. The summed E-state index contributed by atoms with van der Waals surface area (Å²) in [6.07, 6.45) is 7.30. The average Bonchev–Trinajstić information content (AvgIpc) is 2.79. The van der Waals surface area contributed by atoms with Gasteiger partial charge in [-0.2, -0.15) is 0 Å². The Bertz CT molecular complexity index is 846. The molecule has 0 aromatic carbocycles. The monoisotopic (exact) mass is 396 g/mol. The summed E-state index contributed by atoms with van der Waals surface area (Å²) in [6, 6.07) is 0. The number of nitrogens with zero attached hydrogens (tertiary/aromatic N) is 6. The average molecular weight is 396 g/mol. The number of carbonyl (C=O) groups is 1. The minimum atomic E-state index is -0.0519. The van der Waals surface area contributed by atoms with Gasteiger partial charge in [-0.3, -0.25) is 9.78 Å². The van der Waals surface area contributed by atoms with Crippen LogP contribution in [0, 0.1) is 6.92 Å². The Morgan fingerprint density at radius 2 is 1.90 bits per heavy atom. The van der Waals surface area contributed by atoms with Crippen LogP contribution in [0.25, 0.3) is 0 Å². The molecule has 2 aliphatic rings. The van der Waals surface area contributed by atoms with Crippen molar-refractivity contribution in [1.29, 1.82) is 0 Å². The number of morpholine rings is 1.